The summed E-state index contributed by atoms with van der Waals surface area (Å²) in [6.45, 7) is 0.787. The second kappa shape index (κ2) is 9.62. The van der Waals surface area contributed by atoms with E-state index in [0.717, 1.165) is 43.6 Å². The number of rotatable bonds is 6. The van der Waals surface area contributed by atoms with Gasteiger partial charge in [0.1, 0.15) is 11.6 Å². The molecule has 0 fully saturated rings. The van der Waals surface area contributed by atoms with E-state index < -0.39 is 0 Å². The van der Waals surface area contributed by atoms with Crippen molar-refractivity contribution < 1.29 is 9.18 Å². The molecule has 4 rings (SSSR count). The van der Waals surface area contributed by atoms with Crippen molar-refractivity contribution in [3.05, 3.63) is 64.7 Å². The average Bonchev–Trinajstić information content (AvgIpc) is 2.98. The van der Waals surface area contributed by atoms with E-state index in [2.05, 4.69) is 15.5 Å². The average molecular weight is 445 g/mol. The summed E-state index contributed by atoms with van der Waals surface area (Å²) >= 11 is 7.40. The maximum absolute atomic E-state index is 14.6. The summed E-state index contributed by atoms with van der Waals surface area (Å²) in [4.78, 5) is 12.3. The predicted octanol–water partition coefficient (Wildman–Crippen LogP) is 5.34. The van der Waals surface area contributed by atoms with Crippen LogP contribution in [0.5, 0.6) is 0 Å². The van der Waals surface area contributed by atoms with E-state index in [1.807, 2.05) is 28.8 Å². The molecule has 0 unspecified atom stereocenters. The Labute approximate surface area is 184 Å². The zero-order chi connectivity index (χ0) is 20.9. The fourth-order valence-electron chi connectivity index (χ4n) is 3.50. The molecule has 1 N–H and O–H groups in total. The van der Waals surface area contributed by atoms with Gasteiger partial charge in [0.05, 0.1) is 11.3 Å². The van der Waals surface area contributed by atoms with Crippen LogP contribution in [-0.4, -0.2) is 26.4 Å². The number of nitrogens with zero attached hydrogens (tertiary/aromatic N) is 3. The number of amides is 1. The highest BCUT2D eigenvalue weighted by Gasteiger charge is 2.19. The third kappa shape index (κ3) is 5.02. The minimum Gasteiger partial charge on any atom is -0.325 e. The highest BCUT2D eigenvalue weighted by Crippen LogP contribution is 2.27. The summed E-state index contributed by atoms with van der Waals surface area (Å²) in [5.41, 5.74) is 2.02. The first-order valence-electron chi connectivity index (χ1n) is 9.94. The van der Waals surface area contributed by atoms with Gasteiger partial charge in [-0.15, -0.1) is 22.0 Å². The highest BCUT2D eigenvalue weighted by molar-refractivity contribution is 7.99. The van der Waals surface area contributed by atoms with Gasteiger partial charge in [-0.05, 0) is 48.7 Å². The van der Waals surface area contributed by atoms with Gasteiger partial charge in [-0.3, -0.25) is 4.79 Å². The summed E-state index contributed by atoms with van der Waals surface area (Å²) in [5, 5.41) is 12.0. The Bertz CT molecular complexity index is 1040. The van der Waals surface area contributed by atoms with Crippen molar-refractivity contribution in [3.8, 4) is 11.4 Å². The molecule has 1 aliphatic heterocycles. The molecule has 8 heteroatoms. The smallest absolute Gasteiger partial charge is 0.234 e. The number of aryl methyl sites for hydroxylation is 1. The Hall–Kier alpha value is -2.38. The summed E-state index contributed by atoms with van der Waals surface area (Å²) in [6.07, 6.45) is 4.09. The fourth-order valence-corrected chi connectivity index (χ4v) is 4.41. The van der Waals surface area contributed by atoms with Gasteiger partial charge in [-0.25, -0.2) is 4.39 Å². The molecule has 1 amide bonds. The maximum atomic E-state index is 14.6. The lowest BCUT2D eigenvalue weighted by Gasteiger charge is -2.10. The number of aromatic nitrogens is 3. The molecule has 2 aromatic carbocycles. The van der Waals surface area contributed by atoms with Crippen LogP contribution in [0.1, 0.15) is 30.7 Å². The van der Waals surface area contributed by atoms with Crippen molar-refractivity contribution in [1.82, 2.24) is 14.8 Å². The monoisotopic (exact) mass is 444 g/mol. The molecule has 30 heavy (non-hydrogen) atoms. The van der Waals surface area contributed by atoms with Gasteiger partial charge in [0.2, 0.25) is 5.91 Å². The molecule has 0 radical (unpaired) electrons. The van der Waals surface area contributed by atoms with Crippen LogP contribution in [0.4, 0.5) is 10.1 Å². The van der Waals surface area contributed by atoms with Crippen LogP contribution in [0.3, 0.4) is 0 Å². The SMILES string of the molecule is O=C(CSCc1ccc(Cl)cc1)Nc1ccc(F)c(-c2nnc3n2CCCCC3)c1. The largest absolute Gasteiger partial charge is 0.325 e. The summed E-state index contributed by atoms with van der Waals surface area (Å²) in [6, 6.07) is 12.1. The molecule has 0 atom stereocenters. The molecule has 1 aliphatic rings. The number of carbonyl (C=O) groups is 1. The second-order valence-corrected chi connectivity index (χ2v) is 8.69. The number of thioether (sulfide) groups is 1. The molecule has 0 bridgehead atoms. The van der Waals surface area contributed by atoms with Gasteiger partial charge >= 0.3 is 0 Å². The zero-order valence-electron chi connectivity index (χ0n) is 16.4. The quantitative estimate of drug-likeness (QED) is 0.557. The van der Waals surface area contributed by atoms with Crippen LogP contribution in [0.25, 0.3) is 11.4 Å². The van der Waals surface area contributed by atoms with Crippen LogP contribution in [0.15, 0.2) is 42.5 Å². The van der Waals surface area contributed by atoms with Crippen molar-refractivity contribution in [1.29, 1.82) is 0 Å². The maximum Gasteiger partial charge on any atom is 0.234 e. The third-order valence-corrected chi connectivity index (χ3v) is 6.27. The van der Waals surface area contributed by atoms with E-state index in [0.29, 0.717) is 33.6 Å². The Morgan fingerprint density at radius 1 is 1.13 bits per heavy atom. The molecular formula is C22H22ClFN4OS. The van der Waals surface area contributed by atoms with Gasteiger partial charge < -0.3 is 9.88 Å². The molecule has 0 saturated carbocycles. The van der Waals surface area contributed by atoms with Crippen molar-refractivity contribution >= 4 is 35.0 Å². The predicted molar refractivity (Wildman–Crippen MR) is 119 cm³/mol. The van der Waals surface area contributed by atoms with Crippen LogP contribution >= 0.6 is 23.4 Å². The van der Waals surface area contributed by atoms with Crippen molar-refractivity contribution in [2.75, 3.05) is 11.1 Å². The number of carbonyl (C=O) groups excluding carboxylic acids is 1. The highest BCUT2D eigenvalue weighted by atomic mass is 35.5. The van der Waals surface area contributed by atoms with E-state index in [-0.39, 0.29) is 11.7 Å². The van der Waals surface area contributed by atoms with Crippen LogP contribution in [-0.2, 0) is 23.5 Å². The van der Waals surface area contributed by atoms with Gasteiger partial charge in [-0.1, -0.05) is 30.2 Å². The number of benzene rings is 2. The Kier molecular flexibility index (Phi) is 6.69. The number of hydrogen-bond donors (Lipinski definition) is 1. The van der Waals surface area contributed by atoms with Gasteiger partial charge in [-0.2, -0.15) is 0 Å². The Balaban J connectivity index is 1.41. The topological polar surface area (TPSA) is 59.8 Å². The molecule has 5 nitrogen and oxygen atoms in total. The molecule has 3 aromatic rings. The summed E-state index contributed by atoms with van der Waals surface area (Å²) in [5.74, 6) is 1.93. The first-order valence-corrected chi connectivity index (χ1v) is 11.5. The van der Waals surface area contributed by atoms with Gasteiger partial charge in [0, 0.05) is 29.4 Å². The third-order valence-electron chi connectivity index (χ3n) is 5.02. The van der Waals surface area contributed by atoms with E-state index in [4.69, 9.17) is 11.6 Å². The van der Waals surface area contributed by atoms with Crippen molar-refractivity contribution in [2.24, 2.45) is 0 Å². The summed E-state index contributed by atoms with van der Waals surface area (Å²) in [7, 11) is 0. The lowest BCUT2D eigenvalue weighted by Crippen LogP contribution is -2.14. The number of halogens is 2. The first kappa shape index (κ1) is 20.9. The molecular weight excluding hydrogens is 423 g/mol. The molecule has 0 aliphatic carbocycles. The minimum absolute atomic E-state index is 0.133. The second-order valence-electron chi connectivity index (χ2n) is 7.26. The fraction of sp³-hybridized carbons (Fsp3) is 0.318. The van der Waals surface area contributed by atoms with Crippen LogP contribution < -0.4 is 5.32 Å². The Morgan fingerprint density at radius 3 is 2.80 bits per heavy atom. The molecule has 1 aromatic heterocycles. The van der Waals surface area contributed by atoms with E-state index >= 15 is 0 Å². The molecule has 0 spiro atoms. The van der Waals surface area contributed by atoms with Crippen LogP contribution in [0.2, 0.25) is 5.02 Å². The van der Waals surface area contributed by atoms with Gasteiger partial charge in [0.15, 0.2) is 5.82 Å². The van der Waals surface area contributed by atoms with E-state index in [9.17, 15) is 9.18 Å². The number of nitrogens with one attached hydrogen (secondary N) is 1. The standard InChI is InChI=1S/C22H22ClFN4OS/c23-16-7-5-15(6-8-16)13-30-14-21(29)25-17-9-10-19(24)18(12-17)22-27-26-20-4-2-1-3-11-28(20)22/h5-10,12H,1-4,11,13-14H2,(H,25,29). The zero-order valence-corrected chi connectivity index (χ0v) is 18.0. The van der Waals surface area contributed by atoms with E-state index in [1.54, 1.807) is 12.1 Å². The number of hydrogen-bond acceptors (Lipinski definition) is 4. The lowest BCUT2D eigenvalue weighted by atomic mass is 10.1. The number of fused-ring (bicyclic) bond motifs is 1. The van der Waals surface area contributed by atoms with Crippen LogP contribution in [0, 0.1) is 5.82 Å². The number of anilines is 1. The van der Waals surface area contributed by atoms with Crippen molar-refractivity contribution in [3.63, 3.8) is 0 Å². The lowest BCUT2D eigenvalue weighted by molar-refractivity contribution is -0.113. The van der Waals surface area contributed by atoms with Crippen molar-refractivity contribution in [2.45, 2.75) is 38.0 Å². The van der Waals surface area contributed by atoms with E-state index in [1.165, 1.54) is 17.8 Å². The molecule has 2 heterocycles. The first-order chi connectivity index (χ1) is 14.6. The minimum atomic E-state index is -0.371. The summed E-state index contributed by atoms with van der Waals surface area (Å²) < 4.78 is 16.6. The normalized spacial score (nSPS) is 13.5. The molecule has 0 saturated heterocycles. The van der Waals surface area contributed by atoms with Gasteiger partial charge in [0.25, 0.3) is 0 Å². The Morgan fingerprint density at radius 2 is 1.97 bits per heavy atom. The molecule has 156 valence electrons.